The van der Waals surface area contributed by atoms with E-state index in [9.17, 15) is 13.2 Å². The molecule has 36 heavy (non-hydrogen) atoms. The number of carbonyl (C=O) groups excluding carboxylic acids is 1. The predicted molar refractivity (Wildman–Crippen MR) is 139 cm³/mol. The zero-order valence-electron chi connectivity index (χ0n) is 20.3. The molecule has 1 aromatic heterocycles. The first-order chi connectivity index (χ1) is 17.4. The predicted octanol–water partition coefficient (Wildman–Crippen LogP) is 4.07. The molecule has 1 aliphatic heterocycles. The number of carbonyl (C=O) groups is 1. The molecule has 4 rings (SSSR count). The lowest BCUT2D eigenvalue weighted by Crippen LogP contribution is -2.23. The Kier molecular flexibility index (Phi) is 8.02. The summed E-state index contributed by atoms with van der Waals surface area (Å²) in [4.78, 5) is 19.3. The SMILES string of the molecule is COc1cc(OC)c(N2CCCC2)cc1/C=C/C(=O)c1ccc(S(=O)(=O)NCc2ccccn2)cc1. The first-order valence-corrected chi connectivity index (χ1v) is 13.1. The third-order valence-electron chi connectivity index (χ3n) is 6.01. The third-order valence-corrected chi connectivity index (χ3v) is 7.43. The lowest BCUT2D eigenvalue weighted by Gasteiger charge is -2.22. The summed E-state index contributed by atoms with van der Waals surface area (Å²) in [5.41, 5.74) is 2.71. The minimum atomic E-state index is -3.74. The summed E-state index contributed by atoms with van der Waals surface area (Å²) >= 11 is 0. The van der Waals surface area contributed by atoms with Crippen LogP contribution in [-0.4, -0.2) is 46.5 Å². The van der Waals surface area contributed by atoms with Crippen LogP contribution in [0.2, 0.25) is 0 Å². The number of sulfonamides is 1. The molecule has 9 heteroatoms. The number of nitrogens with one attached hydrogen (secondary N) is 1. The molecule has 0 bridgehead atoms. The highest BCUT2D eigenvalue weighted by atomic mass is 32.2. The van der Waals surface area contributed by atoms with Crippen molar-refractivity contribution in [2.75, 3.05) is 32.2 Å². The summed E-state index contributed by atoms with van der Waals surface area (Å²) in [5.74, 6) is 1.07. The minimum absolute atomic E-state index is 0.0750. The van der Waals surface area contributed by atoms with Crippen LogP contribution >= 0.6 is 0 Å². The summed E-state index contributed by atoms with van der Waals surface area (Å²) < 4.78 is 38.8. The van der Waals surface area contributed by atoms with Gasteiger partial charge in [0, 0.05) is 36.5 Å². The summed E-state index contributed by atoms with van der Waals surface area (Å²) in [6.07, 6.45) is 7.03. The van der Waals surface area contributed by atoms with E-state index >= 15 is 0 Å². The van der Waals surface area contributed by atoms with Crippen molar-refractivity contribution in [3.05, 3.63) is 83.7 Å². The lowest BCUT2D eigenvalue weighted by molar-refractivity contribution is 0.104. The van der Waals surface area contributed by atoms with Crippen LogP contribution in [0, 0.1) is 0 Å². The number of nitrogens with zero attached hydrogens (tertiary/aromatic N) is 2. The molecular formula is C27H29N3O5S. The van der Waals surface area contributed by atoms with E-state index in [2.05, 4.69) is 14.6 Å². The maximum Gasteiger partial charge on any atom is 0.240 e. The first kappa shape index (κ1) is 25.4. The monoisotopic (exact) mass is 507 g/mol. The molecule has 0 saturated carbocycles. The van der Waals surface area contributed by atoms with E-state index in [1.165, 1.54) is 30.3 Å². The summed E-state index contributed by atoms with van der Waals surface area (Å²) in [7, 11) is -0.533. The van der Waals surface area contributed by atoms with Gasteiger partial charge in [-0.25, -0.2) is 13.1 Å². The van der Waals surface area contributed by atoms with Gasteiger partial charge in [0.1, 0.15) is 11.5 Å². The van der Waals surface area contributed by atoms with E-state index in [-0.39, 0.29) is 17.2 Å². The van der Waals surface area contributed by atoms with Crippen LogP contribution in [0.5, 0.6) is 11.5 Å². The zero-order valence-corrected chi connectivity index (χ0v) is 21.1. The van der Waals surface area contributed by atoms with Crippen molar-refractivity contribution < 1.29 is 22.7 Å². The van der Waals surface area contributed by atoms with Crippen molar-refractivity contribution in [2.24, 2.45) is 0 Å². The Bertz CT molecular complexity index is 1330. The molecule has 0 unspecified atom stereocenters. The van der Waals surface area contributed by atoms with Gasteiger partial charge in [-0.2, -0.15) is 0 Å². The highest BCUT2D eigenvalue weighted by molar-refractivity contribution is 7.89. The number of hydrogen-bond donors (Lipinski definition) is 1. The van der Waals surface area contributed by atoms with Crippen molar-refractivity contribution in [1.29, 1.82) is 0 Å². The molecule has 0 radical (unpaired) electrons. The van der Waals surface area contributed by atoms with E-state index in [1.54, 1.807) is 44.7 Å². The highest BCUT2D eigenvalue weighted by Gasteiger charge is 2.19. The number of ether oxygens (including phenoxy) is 2. The topological polar surface area (TPSA) is 97.8 Å². The van der Waals surface area contributed by atoms with Gasteiger partial charge < -0.3 is 14.4 Å². The number of anilines is 1. The van der Waals surface area contributed by atoms with Gasteiger partial charge in [-0.05, 0) is 67.5 Å². The zero-order chi connectivity index (χ0) is 25.5. The van der Waals surface area contributed by atoms with Gasteiger partial charge in [0.25, 0.3) is 0 Å². The van der Waals surface area contributed by atoms with Crippen molar-refractivity contribution >= 4 is 27.6 Å². The molecule has 188 valence electrons. The Balaban J connectivity index is 1.49. The van der Waals surface area contributed by atoms with Crippen LogP contribution in [0.4, 0.5) is 5.69 Å². The second-order valence-corrected chi connectivity index (χ2v) is 10.1. The lowest BCUT2D eigenvalue weighted by atomic mass is 10.1. The fourth-order valence-electron chi connectivity index (χ4n) is 4.06. The molecule has 2 heterocycles. The molecule has 1 aliphatic rings. The maximum absolute atomic E-state index is 12.8. The molecular weight excluding hydrogens is 478 g/mol. The maximum atomic E-state index is 12.8. The van der Waals surface area contributed by atoms with E-state index in [0.717, 1.165) is 42.9 Å². The number of rotatable bonds is 10. The minimum Gasteiger partial charge on any atom is -0.496 e. The number of ketones is 1. The third kappa shape index (κ3) is 5.92. The second kappa shape index (κ2) is 11.4. The number of benzene rings is 2. The molecule has 1 saturated heterocycles. The first-order valence-electron chi connectivity index (χ1n) is 11.6. The van der Waals surface area contributed by atoms with Crippen molar-refractivity contribution in [3.63, 3.8) is 0 Å². The molecule has 8 nitrogen and oxygen atoms in total. The van der Waals surface area contributed by atoms with Gasteiger partial charge in [0.15, 0.2) is 5.78 Å². The van der Waals surface area contributed by atoms with Crippen molar-refractivity contribution in [1.82, 2.24) is 9.71 Å². The van der Waals surface area contributed by atoms with Gasteiger partial charge >= 0.3 is 0 Å². The Morgan fingerprint density at radius 1 is 1.03 bits per heavy atom. The molecule has 0 atom stereocenters. The molecule has 0 spiro atoms. The van der Waals surface area contributed by atoms with Crippen LogP contribution in [0.15, 0.2) is 71.8 Å². The number of pyridine rings is 1. The quantitative estimate of drug-likeness (QED) is 0.326. The summed E-state index contributed by atoms with van der Waals surface area (Å²) in [6, 6.07) is 14.9. The number of allylic oxidation sites excluding steroid dienone is 1. The number of hydrogen-bond acceptors (Lipinski definition) is 7. The molecule has 2 aromatic carbocycles. The fourth-order valence-corrected chi connectivity index (χ4v) is 5.06. The Hall–Kier alpha value is -3.69. The van der Waals surface area contributed by atoms with Crippen LogP contribution in [-0.2, 0) is 16.6 Å². The highest BCUT2D eigenvalue weighted by Crippen LogP contribution is 2.37. The molecule has 3 aromatic rings. The van der Waals surface area contributed by atoms with Crippen LogP contribution < -0.4 is 19.1 Å². The standard InChI is InChI=1S/C27H29N3O5S/c1-34-26-18-27(35-2)24(30-15-5-6-16-30)17-21(26)10-13-25(31)20-8-11-23(12-9-20)36(32,33)29-19-22-7-3-4-14-28-22/h3-4,7-14,17-18,29H,5-6,15-16,19H2,1-2H3/b13-10+. The normalized spacial score (nSPS) is 13.8. The molecule has 1 N–H and O–H groups in total. The molecule has 0 amide bonds. The van der Waals surface area contributed by atoms with Crippen LogP contribution in [0.3, 0.4) is 0 Å². The van der Waals surface area contributed by atoms with Gasteiger partial charge in [0.05, 0.1) is 37.0 Å². The average Bonchev–Trinajstić information content (AvgIpc) is 3.46. The van der Waals surface area contributed by atoms with Gasteiger partial charge in [0.2, 0.25) is 10.0 Å². The van der Waals surface area contributed by atoms with Crippen molar-refractivity contribution in [3.8, 4) is 11.5 Å². The van der Waals surface area contributed by atoms with Crippen LogP contribution in [0.1, 0.15) is 34.5 Å². The van der Waals surface area contributed by atoms with E-state index in [1.807, 2.05) is 12.1 Å². The molecule has 0 aliphatic carbocycles. The van der Waals surface area contributed by atoms with Gasteiger partial charge in [-0.15, -0.1) is 0 Å². The Morgan fingerprint density at radius 3 is 2.39 bits per heavy atom. The Labute approximate surface area is 211 Å². The van der Waals surface area contributed by atoms with E-state index in [0.29, 0.717) is 17.0 Å². The Morgan fingerprint density at radius 2 is 1.75 bits per heavy atom. The smallest absolute Gasteiger partial charge is 0.240 e. The molecule has 1 fully saturated rings. The second-order valence-electron chi connectivity index (χ2n) is 8.33. The van der Waals surface area contributed by atoms with E-state index in [4.69, 9.17) is 9.47 Å². The number of methoxy groups -OCH3 is 2. The van der Waals surface area contributed by atoms with Gasteiger partial charge in [-0.3, -0.25) is 9.78 Å². The summed E-state index contributed by atoms with van der Waals surface area (Å²) in [6.45, 7) is 1.99. The van der Waals surface area contributed by atoms with Crippen molar-refractivity contribution in [2.45, 2.75) is 24.3 Å². The largest absolute Gasteiger partial charge is 0.496 e. The fraction of sp³-hybridized carbons (Fsp3) is 0.259. The van der Waals surface area contributed by atoms with E-state index < -0.39 is 10.0 Å². The van der Waals surface area contributed by atoms with Crippen LogP contribution in [0.25, 0.3) is 6.08 Å². The number of aromatic nitrogens is 1. The summed E-state index contributed by atoms with van der Waals surface area (Å²) in [5, 5.41) is 0. The average molecular weight is 508 g/mol. The van der Waals surface area contributed by atoms with Gasteiger partial charge in [-0.1, -0.05) is 6.07 Å².